The van der Waals surface area contributed by atoms with E-state index < -0.39 is 0 Å². The molecule has 0 saturated heterocycles. The van der Waals surface area contributed by atoms with Crippen LogP contribution in [0.2, 0.25) is 0 Å². The fraction of sp³-hybridized carbons (Fsp3) is 1.00. The fourth-order valence-electron chi connectivity index (χ4n) is 2.97. The molecule has 0 aliphatic heterocycles. The maximum Gasteiger partial charge on any atom is 0.0311 e. The van der Waals surface area contributed by atoms with Gasteiger partial charge in [-0.1, -0.05) is 27.2 Å². The predicted octanol–water partition coefficient (Wildman–Crippen LogP) is 3.47. The lowest BCUT2D eigenvalue weighted by Gasteiger charge is -2.34. The van der Waals surface area contributed by atoms with Crippen LogP contribution >= 0.6 is 0 Å². The lowest BCUT2D eigenvalue weighted by molar-refractivity contribution is 0.161. The van der Waals surface area contributed by atoms with Crippen molar-refractivity contribution in [1.29, 1.82) is 0 Å². The van der Waals surface area contributed by atoms with Crippen molar-refractivity contribution in [2.24, 2.45) is 23.1 Å². The van der Waals surface area contributed by atoms with Crippen molar-refractivity contribution in [3.63, 3.8) is 0 Å². The van der Waals surface area contributed by atoms with Gasteiger partial charge in [0.25, 0.3) is 0 Å². The molecule has 2 rings (SSSR count). The molecule has 2 bridgehead atoms. The van der Waals surface area contributed by atoms with Crippen LogP contribution in [0.15, 0.2) is 0 Å². The van der Waals surface area contributed by atoms with Crippen molar-refractivity contribution >= 4 is 0 Å². The van der Waals surface area contributed by atoms with Crippen LogP contribution in [0.1, 0.15) is 47.8 Å². The quantitative estimate of drug-likeness (QED) is 0.500. The number of hydrogen-bond acceptors (Lipinski definition) is 0. The van der Waals surface area contributed by atoms with Gasteiger partial charge >= 0.3 is 0 Å². The first-order valence-electron chi connectivity index (χ1n) is 5.43. The van der Waals surface area contributed by atoms with Gasteiger partial charge in [0, 0.05) is 1.37 Å². The summed E-state index contributed by atoms with van der Waals surface area (Å²) in [4.78, 5) is 0. The van der Waals surface area contributed by atoms with Crippen LogP contribution < -0.4 is 0 Å². The maximum atomic E-state index is 8.52. The van der Waals surface area contributed by atoms with E-state index in [2.05, 4.69) is 20.8 Å². The molecule has 11 heavy (non-hydrogen) atoms. The summed E-state index contributed by atoms with van der Waals surface area (Å²) in [6.45, 7) is 6.71. The molecule has 0 heteroatoms. The molecule has 2 aliphatic carbocycles. The molecule has 3 unspecified atom stereocenters. The molecule has 0 aromatic heterocycles. The molecular formula is C11H20. The minimum Gasteiger partial charge on any atom is -0.0599 e. The molecule has 2 aliphatic rings. The summed E-state index contributed by atoms with van der Waals surface area (Å²) in [6.07, 6.45) is 5.24. The van der Waals surface area contributed by atoms with E-state index in [-0.39, 0.29) is 11.3 Å². The first-order chi connectivity index (χ1) is 5.43. The van der Waals surface area contributed by atoms with E-state index >= 15 is 0 Å². The Balaban J connectivity index is 2.23. The van der Waals surface area contributed by atoms with Crippen molar-refractivity contribution in [1.82, 2.24) is 0 Å². The molecule has 3 atom stereocenters. The van der Waals surface area contributed by atoms with Crippen molar-refractivity contribution in [2.75, 3.05) is 0 Å². The minimum absolute atomic E-state index is 0.101. The van der Waals surface area contributed by atoms with Gasteiger partial charge in [-0.3, -0.25) is 0 Å². The normalized spacial score (nSPS) is 51.4. The van der Waals surface area contributed by atoms with E-state index in [1.165, 1.54) is 25.7 Å². The second-order valence-electron chi connectivity index (χ2n) is 5.36. The molecule has 0 aromatic rings. The Labute approximate surface area is 71.8 Å². The van der Waals surface area contributed by atoms with Gasteiger partial charge < -0.3 is 0 Å². The van der Waals surface area contributed by atoms with Crippen LogP contribution in [0, 0.1) is 23.1 Å². The summed E-state index contributed by atoms with van der Waals surface area (Å²) in [5.74, 6) is 1.50. The molecule has 2 fully saturated rings. The first-order valence-corrected chi connectivity index (χ1v) is 4.93. The summed E-state index contributed by atoms with van der Waals surface area (Å²) in [7, 11) is 0. The zero-order valence-electron chi connectivity index (χ0n) is 8.98. The third-order valence-corrected chi connectivity index (χ3v) is 3.51. The Morgan fingerprint density at radius 1 is 1.18 bits per heavy atom. The van der Waals surface area contributed by atoms with E-state index in [0.717, 1.165) is 5.92 Å². The zero-order chi connectivity index (χ0) is 8.98. The molecule has 2 saturated carbocycles. The van der Waals surface area contributed by atoms with Crippen LogP contribution in [0.25, 0.3) is 0 Å². The van der Waals surface area contributed by atoms with E-state index in [0.29, 0.717) is 5.92 Å². The number of fused-ring (bicyclic) bond motifs is 2. The van der Waals surface area contributed by atoms with Crippen molar-refractivity contribution < 1.29 is 1.37 Å². The lowest BCUT2D eigenvalue weighted by Crippen LogP contribution is -2.25. The average Bonchev–Trinajstić information content (AvgIpc) is 2.43. The van der Waals surface area contributed by atoms with E-state index in [4.69, 9.17) is 1.37 Å². The molecule has 0 N–H and O–H groups in total. The van der Waals surface area contributed by atoms with Crippen LogP contribution in [-0.4, -0.2) is 0 Å². The second kappa shape index (κ2) is 2.24. The van der Waals surface area contributed by atoms with Crippen LogP contribution in [-0.2, 0) is 0 Å². The van der Waals surface area contributed by atoms with Crippen LogP contribution in [0.4, 0.5) is 0 Å². The first kappa shape index (κ1) is 6.51. The standard InChI is InChI=1S/C11H20/c1-11(2,3)10-7-8-4-5-9(10)6-8/h8-10H,4-7H2,1-3H3/i10D. The van der Waals surface area contributed by atoms with Crippen molar-refractivity contribution in [3.8, 4) is 0 Å². The zero-order valence-corrected chi connectivity index (χ0v) is 7.98. The highest BCUT2D eigenvalue weighted by molar-refractivity contribution is 4.94. The van der Waals surface area contributed by atoms with E-state index in [1.807, 2.05) is 0 Å². The highest BCUT2D eigenvalue weighted by atomic mass is 14.5. The van der Waals surface area contributed by atoms with Gasteiger partial charge in [-0.2, -0.15) is 0 Å². The SMILES string of the molecule is [2H]C1(C(C)(C)C)CC2CCC1C2. The third-order valence-electron chi connectivity index (χ3n) is 3.51. The molecule has 0 aromatic carbocycles. The number of rotatable bonds is 0. The van der Waals surface area contributed by atoms with E-state index in [1.54, 1.807) is 0 Å². The fourth-order valence-corrected chi connectivity index (χ4v) is 2.97. The summed E-state index contributed by atoms with van der Waals surface area (Å²) in [6, 6.07) is 0. The summed E-state index contributed by atoms with van der Waals surface area (Å²) in [5, 5.41) is 0. The third kappa shape index (κ3) is 1.21. The van der Waals surface area contributed by atoms with Crippen LogP contribution in [0.5, 0.6) is 0 Å². The lowest BCUT2D eigenvalue weighted by atomic mass is 9.72. The van der Waals surface area contributed by atoms with E-state index in [9.17, 15) is 0 Å². The van der Waals surface area contributed by atoms with Crippen LogP contribution in [0.3, 0.4) is 0 Å². The van der Waals surface area contributed by atoms with Gasteiger partial charge in [0.2, 0.25) is 0 Å². The summed E-state index contributed by atoms with van der Waals surface area (Å²) >= 11 is 0. The largest absolute Gasteiger partial charge is 0.0599 e. The van der Waals surface area contributed by atoms with Gasteiger partial charge in [-0.05, 0) is 42.4 Å². The van der Waals surface area contributed by atoms with Gasteiger partial charge in [0.05, 0.1) is 0 Å². The maximum absolute atomic E-state index is 8.52. The van der Waals surface area contributed by atoms with Crippen molar-refractivity contribution in [2.45, 2.75) is 46.5 Å². The Hall–Kier alpha value is 0. The van der Waals surface area contributed by atoms with Gasteiger partial charge in [0.1, 0.15) is 0 Å². The monoisotopic (exact) mass is 153 g/mol. The summed E-state index contributed by atoms with van der Waals surface area (Å²) in [5.41, 5.74) is 0.187. The highest BCUT2D eigenvalue weighted by Gasteiger charge is 2.44. The highest BCUT2D eigenvalue weighted by Crippen LogP contribution is 2.54. The molecule has 64 valence electrons. The molecule has 0 amide bonds. The average molecular weight is 153 g/mol. The smallest absolute Gasteiger partial charge is 0.0311 e. The second-order valence-corrected chi connectivity index (χ2v) is 5.36. The molecule has 0 spiro atoms. The Morgan fingerprint density at radius 3 is 2.18 bits per heavy atom. The Bertz CT molecular complexity index is 192. The van der Waals surface area contributed by atoms with Gasteiger partial charge in [-0.25, -0.2) is 0 Å². The van der Waals surface area contributed by atoms with Crippen molar-refractivity contribution in [3.05, 3.63) is 0 Å². The molecule has 0 radical (unpaired) electrons. The number of hydrogen-bond donors (Lipinski definition) is 0. The molecule has 0 nitrogen and oxygen atoms in total. The molecule has 0 heterocycles. The topological polar surface area (TPSA) is 0 Å². The summed E-state index contributed by atoms with van der Waals surface area (Å²) < 4.78 is 8.52. The minimum atomic E-state index is -0.101. The van der Waals surface area contributed by atoms with Gasteiger partial charge in [-0.15, -0.1) is 0 Å². The van der Waals surface area contributed by atoms with Gasteiger partial charge in [0.15, 0.2) is 0 Å². The Morgan fingerprint density at radius 2 is 1.91 bits per heavy atom. The Kier molecular flexibility index (Phi) is 1.33. The molecular weight excluding hydrogens is 132 g/mol. The predicted molar refractivity (Wildman–Crippen MR) is 48.4 cm³/mol.